The maximum Gasteiger partial charge on any atom is 0.110 e. The van der Waals surface area contributed by atoms with E-state index in [4.69, 9.17) is 5.21 Å². The average molecular weight is 259 g/mol. The van der Waals surface area contributed by atoms with Crippen molar-refractivity contribution in [1.29, 1.82) is 0 Å². The fourth-order valence-corrected chi connectivity index (χ4v) is 2.32. The van der Waals surface area contributed by atoms with Gasteiger partial charge in [0, 0.05) is 4.47 Å². The molecule has 0 amide bonds. The van der Waals surface area contributed by atoms with E-state index in [1.54, 1.807) is 11.3 Å². The standard InChI is InChI=1S/C8H7BrN2OS/c9-5-1-2-7-6(3-5)11-8(13-7)4-10-12/h1-3,10,12H,4H2. The lowest BCUT2D eigenvalue weighted by Gasteiger charge is -1.88. The first-order chi connectivity index (χ1) is 6.29. The van der Waals surface area contributed by atoms with Crippen molar-refractivity contribution in [1.82, 2.24) is 10.5 Å². The quantitative estimate of drug-likeness (QED) is 0.814. The second kappa shape index (κ2) is 3.71. The maximum atomic E-state index is 8.51. The van der Waals surface area contributed by atoms with Crippen molar-refractivity contribution in [2.24, 2.45) is 0 Å². The van der Waals surface area contributed by atoms with Gasteiger partial charge in [0.05, 0.1) is 16.8 Å². The van der Waals surface area contributed by atoms with Crippen LogP contribution in [0.3, 0.4) is 0 Å². The largest absolute Gasteiger partial charge is 0.316 e. The zero-order valence-corrected chi connectivity index (χ0v) is 9.02. The molecule has 0 unspecified atom stereocenters. The smallest absolute Gasteiger partial charge is 0.110 e. The van der Waals surface area contributed by atoms with Gasteiger partial charge in [-0.3, -0.25) is 0 Å². The van der Waals surface area contributed by atoms with E-state index in [1.807, 2.05) is 18.2 Å². The van der Waals surface area contributed by atoms with Crippen molar-refractivity contribution in [3.8, 4) is 0 Å². The van der Waals surface area contributed by atoms with Gasteiger partial charge in [0.15, 0.2) is 0 Å². The minimum absolute atomic E-state index is 0.400. The van der Waals surface area contributed by atoms with Gasteiger partial charge in [0.1, 0.15) is 5.01 Å². The number of hydroxylamine groups is 1. The van der Waals surface area contributed by atoms with Crippen molar-refractivity contribution < 1.29 is 5.21 Å². The maximum absolute atomic E-state index is 8.51. The van der Waals surface area contributed by atoms with Gasteiger partial charge in [-0.05, 0) is 18.2 Å². The number of benzene rings is 1. The van der Waals surface area contributed by atoms with Crippen LogP contribution in [0.4, 0.5) is 0 Å². The summed E-state index contributed by atoms with van der Waals surface area (Å²) >= 11 is 4.96. The van der Waals surface area contributed by atoms with E-state index >= 15 is 0 Å². The molecule has 0 saturated carbocycles. The third-order valence-corrected chi connectivity index (χ3v) is 3.15. The molecule has 0 saturated heterocycles. The number of fused-ring (bicyclic) bond motifs is 1. The molecule has 1 aromatic carbocycles. The molecule has 0 spiro atoms. The normalized spacial score (nSPS) is 10.9. The summed E-state index contributed by atoms with van der Waals surface area (Å²) in [5.41, 5.74) is 3.06. The summed E-state index contributed by atoms with van der Waals surface area (Å²) in [7, 11) is 0. The van der Waals surface area contributed by atoms with Crippen molar-refractivity contribution in [3.63, 3.8) is 0 Å². The molecular formula is C8H7BrN2OS. The first-order valence-corrected chi connectivity index (χ1v) is 5.32. The molecule has 68 valence electrons. The average Bonchev–Trinajstić information content (AvgIpc) is 2.46. The van der Waals surface area contributed by atoms with Crippen LogP contribution in [0.25, 0.3) is 10.2 Å². The summed E-state index contributed by atoms with van der Waals surface area (Å²) in [6.45, 7) is 0.400. The summed E-state index contributed by atoms with van der Waals surface area (Å²) in [6, 6.07) is 5.96. The fraction of sp³-hybridized carbons (Fsp3) is 0.125. The molecule has 2 N–H and O–H groups in total. The highest BCUT2D eigenvalue weighted by atomic mass is 79.9. The third kappa shape index (κ3) is 1.88. The van der Waals surface area contributed by atoms with Crippen LogP contribution in [0.5, 0.6) is 0 Å². The lowest BCUT2D eigenvalue weighted by atomic mass is 10.3. The van der Waals surface area contributed by atoms with Gasteiger partial charge in [-0.25, -0.2) is 4.98 Å². The zero-order chi connectivity index (χ0) is 9.26. The zero-order valence-electron chi connectivity index (χ0n) is 6.62. The molecule has 5 heteroatoms. The molecule has 0 aliphatic carbocycles. The highest BCUT2D eigenvalue weighted by Gasteiger charge is 2.02. The summed E-state index contributed by atoms with van der Waals surface area (Å²) in [5.74, 6) is 0. The van der Waals surface area contributed by atoms with Gasteiger partial charge < -0.3 is 5.21 Å². The van der Waals surface area contributed by atoms with Crippen LogP contribution in [0, 0.1) is 0 Å². The Morgan fingerprint density at radius 1 is 1.54 bits per heavy atom. The van der Waals surface area contributed by atoms with Crippen LogP contribution in [-0.2, 0) is 6.54 Å². The Labute approximate surface area is 87.5 Å². The Bertz CT molecular complexity index is 429. The molecule has 0 radical (unpaired) electrons. The topological polar surface area (TPSA) is 45.1 Å². The molecule has 1 aromatic heterocycles. The molecular weight excluding hydrogens is 252 g/mol. The predicted octanol–water partition coefficient (Wildman–Crippen LogP) is 2.54. The van der Waals surface area contributed by atoms with Gasteiger partial charge in [-0.2, -0.15) is 5.48 Å². The first kappa shape index (κ1) is 9.08. The van der Waals surface area contributed by atoms with Crippen LogP contribution in [0.15, 0.2) is 22.7 Å². The number of hydrogen-bond donors (Lipinski definition) is 2. The van der Waals surface area contributed by atoms with Gasteiger partial charge >= 0.3 is 0 Å². The Kier molecular flexibility index (Phi) is 2.59. The molecule has 0 atom stereocenters. The SMILES string of the molecule is ONCc1nc2cc(Br)ccc2s1. The molecule has 0 aliphatic heterocycles. The number of thiazole rings is 1. The predicted molar refractivity (Wildman–Crippen MR) is 55.9 cm³/mol. The summed E-state index contributed by atoms with van der Waals surface area (Å²) < 4.78 is 2.15. The second-order valence-electron chi connectivity index (χ2n) is 2.55. The van der Waals surface area contributed by atoms with Crippen molar-refractivity contribution >= 4 is 37.5 Å². The van der Waals surface area contributed by atoms with E-state index in [0.717, 1.165) is 19.7 Å². The van der Waals surface area contributed by atoms with Crippen LogP contribution in [-0.4, -0.2) is 10.2 Å². The van der Waals surface area contributed by atoms with E-state index in [1.165, 1.54) is 0 Å². The third-order valence-electron chi connectivity index (χ3n) is 1.62. The van der Waals surface area contributed by atoms with Crippen molar-refractivity contribution in [2.45, 2.75) is 6.54 Å². The van der Waals surface area contributed by atoms with E-state index in [9.17, 15) is 0 Å². The Hall–Kier alpha value is -0.490. The molecule has 2 rings (SSSR count). The molecule has 0 aliphatic rings. The van der Waals surface area contributed by atoms with Crippen LogP contribution in [0.1, 0.15) is 5.01 Å². The van der Waals surface area contributed by atoms with Gasteiger partial charge in [-0.15, -0.1) is 11.3 Å². The minimum atomic E-state index is 0.400. The monoisotopic (exact) mass is 258 g/mol. The molecule has 13 heavy (non-hydrogen) atoms. The molecule has 0 fully saturated rings. The number of nitrogens with one attached hydrogen (secondary N) is 1. The number of rotatable bonds is 2. The molecule has 0 bridgehead atoms. The lowest BCUT2D eigenvalue weighted by molar-refractivity contribution is 0.161. The number of hydrogen-bond acceptors (Lipinski definition) is 4. The van der Waals surface area contributed by atoms with E-state index in [0.29, 0.717) is 6.54 Å². The van der Waals surface area contributed by atoms with Gasteiger partial charge in [0.25, 0.3) is 0 Å². The summed E-state index contributed by atoms with van der Waals surface area (Å²) in [5, 5.41) is 9.39. The second-order valence-corrected chi connectivity index (χ2v) is 4.59. The van der Waals surface area contributed by atoms with Crippen molar-refractivity contribution in [2.75, 3.05) is 0 Å². The van der Waals surface area contributed by atoms with E-state index in [-0.39, 0.29) is 0 Å². The molecule has 2 aromatic rings. The Balaban J connectivity index is 2.49. The van der Waals surface area contributed by atoms with Gasteiger partial charge in [0.2, 0.25) is 0 Å². The van der Waals surface area contributed by atoms with Crippen LogP contribution < -0.4 is 5.48 Å². The highest BCUT2D eigenvalue weighted by Crippen LogP contribution is 2.24. The Morgan fingerprint density at radius 3 is 3.15 bits per heavy atom. The van der Waals surface area contributed by atoms with Crippen molar-refractivity contribution in [3.05, 3.63) is 27.7 Å². The van der Waals surface area contributed by atoms with Crippen LogP contribution in [0.2, 0.25) is 0 Å². The van der Waals surface area contributed by atoms with Crippen LogP contribution >= 0.6 is 27.3 Å². The highest BCUT2D eigenvalue weighted by molar-refractivity contribution is 9.10. The first-order valence-electron chi connectivity index (χ1n) is 3.71. The lowest BCUT2D eigenvalue weighted by Crippen LogP contribution is -2.05. The summed E-state index contributed by atoms with van der Waals surface area (Å²) in [6.07, 6.45) is 0. The minimum Gasteiger partial charge on any atom is -0.316 e. The number of aromatic nitrogens is 1. The van der Waals surface area contributed by atoms with Gasteiger partial charge in [-0.1, -0.05) is 15.9 Å². The Morgan fingerprint density at radius 2 is 2.38 bits per heavy atom. The fourth-order valence-electron chi connectivity index (χ4n) is 1.09. The number of halogens is 1. The van der Waals surface area contributed by atoms with E-state index in [2.05, 4.69) is 26.4 Å². The molecule has 3 nitrogen and oxygen atoms in total. The molecule has 1 heterocycles. The number of nitrogens with zero attached hydrogens (tertiary/aromatic N) is 1. The van der Waals surface area contributed by atoms with E-state index < -0.39 is 0 Å². The summed E-state index contributed by atoms with van der Waals surface area (Å²) in [4.78, 5) is 4.33.